The van der Waals surface area contributed by atoms with Crippen LogP contribution in [0.3, 0.4) is 0 Å². The van der Waals surface area contributed by atoms with Gasteiger partial charge in [0, 0.05) is 25.0 Å². The third-order valence-electron chi connectivity index (χ3n) is 5.91. The first-order valence-corrected chi connectivity index (χ1v) is 10.4. The first kappa shape index (κ1) is 19.8. The van der Waals surface area contributed by atoms with Gasteiger partial charge in [0.05, 0.1) is 36.4 Å². The van der Waals surface area contributed by atoms with Crippen molar-refractivity contribution in [3.63, 3.8) is 0 Å². The van der Waals surface area contributed by atoms with Crippen LogP contribution in [0.5, 0.6) is 0 Å². The van der Waals surface area contributed by atoms with Gasteiger partial charge in [-0.05, 0) is 32.9 Å². The summed E-state index contributed by atoms with van der Waals surface area (Å²) in [6.45, 7) is 4.47. The third kappa shape index (κ3) is 3.83. The number of alkyl halides is 1. The Bertz CT molecular complexity index is 1110. The highest BCUT2D eigenvalue weighted by Crippen LogP contribution is 2.26. The fourth-order valence-corrected chi connectivity index (χ4v) is 4.40. The highest BCUT2D eigenvalue weighted by atomic mass is 19.1. The predicted octanol–water partition coefficient (Wildman–Crippen LogP) is 2.45. The summed E-state index contributed by atoms with van der Waals surface area (Å²) in [7, 11) is 0. The molecule has 3 aromatic heterocycles. The fourth-order valence-electron chi connectivity index (χ4n) is 4.40. The highest BCUT2D eigenvalue weighted by Gasteiger charge is 2.38. The monoisotopic (exact) mass is 427 g/mol. The molecule has 2 aliphatic rings. The molecule has 0 saturated carbocycles. The van der Waals surface area contributed by atoms with Gasteiger partial charge >= 0.3 is 0 Å². The molecule has 0 aliphatic carbocycles. The lowest BCUT2D eigenvalue weighted by molar-refractivity contribution is 0.102. The van der Waals surface area contributed by atoms with Gasteiger partial charge in [0.25, 0.3) is 5.91 Å². The molecule has 3 aromatic rings. The number of fused-ring (bicyclic) bond motifs is 1. The Morgan fingerprint density at radius 2 is 1.97 bits per heavy atom. The SMILES string of the molecule is Cc1cn2cc(NC(=O)c3cnc(N4C[C@@H](N5CCCC5)[C@@H](F)C4)cn3)cc(F)c2n1. The number of aryl methyl sites for hydroxylation is 1. The summed E-state index contributed by atoms with van der Waals surface area (Å²) in [4.78, 5) is 29.2. The number of nitrogens with zero attached hydrogens (tertiary/aromatic N) is 6. The van der Waals surface area contributed by atoms with Crippen molar-refractivity contribution in [2.75, 3.05) is 36.4 Å². The van der Waals surface area contributed by atoms with Crippen molar-refractivity contribution < 1.29 is 13.6 Å². The van der Waals surface area contributed by atoms with Gasteiger partial charge in [0.1, 0.15) is 17.7 Å². The molecule has 1 N–H and O–H groups in total. The van der Waals surface area contributed by atoms with Gasteiger partial charge in [-0.15, -0.1) is 0 Å². The lowest BCUT2D eigenvalue weighted by atomic mass is 10.2. The molecule has 2 aliphatic heterocycles. The van der Waals surface area contributed by atoms with Gasteiger partial charge in [-0.1, -0.05) is 0 Å². The highest BCUT2D eigenvalue weighted by molar-refractivity contribution is 6.02. The van der Waals surface area contributed by atoms with E-state index in [0.29, 0.717) is 18.1 Å². The van der Waals surface area contributed by atoms with E-state index < -0.39 is 17.9 Å². The molecule has 162 valence electrons. The van der Waals surface area contributed by atoms with Crippen molar-refractivity contribution in [1.29, 1.82) is 0 Å². The van der Waals surface area contributed by atoms with Crippen molar-refractivity contribution in [2.24, 2.45) is 0 Å². The second-order valence-electron chi connectivity index (χ2n) is 8.14. The summed E-state index contributed by atoms with van der Waals surface area (Å²) in [6.07, 6.45) is 7.40. The van der Waals surface area contributed by atoms with Gasteiger partial charge in [-0.25, -0.2) is 23.7 Å². The molecule has 2 fully saturated rings. The number of hydrogen-bond acceptors (Lipinski definition) is 6. The molecule has 8 nitrogen and oxygen atoms in total. The predicted molar refractivity (Wildman–Crippen MR) is 112 cm³/mol. The molecule has 2 atom stereocenters. The largest absolute Gasteiger partial charge is 0.351 e. The lowest BCUT2D eigenvalue weighted by Crippen LogP contribution is -2.39. The van der Waals surface area contributed by atoms with E-state index in [1.165, 1.54) is 22.9 Å². The number of imidazole rings is 1. The van der Waals surface area contributed by atoms with E-state index in [9.17, 15) is 13.6 Å². The molecule has 0 radical (unpaired) electrons. The van der Waals surface area contributed by atoms with Gasteiger partial charge in [0.2, 0.25) is 0 Å². The Labute approximate surface area is 177 Å². The number of halogens is 2. The number of carbonyl (C=O) groups is 1. The minimum atomic E-state index is -0.931. The molecule has 0 bridgehead atoms. The minimum absolute atomic E-state index is 0.0955. The zero-order chi connectivity index (χ0) is 21.5. The van der Waals surface area contributed by atoms with Crippen LogP contribution in [-0.2, 0) is 0 Å². The van der Waals surface area contributed by atoms with E-state index >= 15 is 0 Å². The van der Waals surface area contributed by atoms with Crippen LogP contribution in [0.4, 0.5) is 20.3 Å². The number of nitrogens with one attached hydrogen (secondary N) is 1. The van der Waals surface area contributed by atoms with Gasteiger partial charge in [-0.3, -0.25) is 9.69 Å². The van der Waals surface area contributed by atoms with E-state index in [-0.39, 0.29) is 29.6 Å². The van der Waals surface area contributed by atoms with E-state index in [1.807, 2.05) is 4.90 Å². The third-order valence-corrected chi connectivity index (χ3v) is 5.91. The standard InChI is InChI=1S/C21H23F2N7O/c1-13-9-30-10-14(6-15(22)20(30)26-13)27-21(31)17-7-25-19(8-24-17)29-11-16(23)18(12-29)28-4-2-3-5-28/h6-10,16,18H,2-5,11-12H2,1H3,(H,27,31)/t16-,18+/m0/s1. The summed E-state index contributed by atoms with van der Waals surface area (Å²) >= 11 is 0. The first-order valence-electron chi connectivity index (χ1n) is 10.4. The fraction of sp³-hybridized carbons (Fsp3) is 0.429. The lowest BCUT2D eigenvalue weighted by Gasteiger charge is -2.24. The van der Waals surface area contributed by atoms with Crippen LogP contribution in [0.15, 0.2) is 30.9 Å². The van der Waals surface area contributed by atoms with Crippen LogP contribution in [0.2, 0.25) is 0 Å². The average Bonchev–Trinajstić information content (AvgIpc) is 3.47. The van der Waals surface area contributed by atoms with E-state index in [4.69, 9.17) is 0 Å². The Balaban J connectivity index is 1.27. The molecule has 0 spiro atoms. The topological polar surface area (TPSA) is 78.7 Å². The number of anilines is 2. The zero-order valence-electron chi connectivity index (χ0n) is 17.1. The Kier molecular flexibility index (Phi) is 5.01. The van der Waals surface area contributed by atoms with Gasteiger partial charge < -0.3 is 14.6 Å². The van der Waals surface area contributed by atoms with Gasteiger partial charge in [-0.2, -0.15) is 0 Å². The van der Waals surface area contributed by atoms with E-state index in [1.54, 1.807) is 19.3 Å². The van der Waals surface area contributed by atoms with Crippen LogP contribution in [-0.4, -0.2) is 68.6 Å². The summed E-state index contributed by atoms with van der Waals surface area (Å²) in [5, 5.41) is 2.63. The van der Waals surface area contributed by atoms with Crippen LogP contribution in [0.1, 0.15) is 29.0 Å². The summed E-state index contributed by atoms with van der Waals surface area (Å²) in [6, 6.07) is 1.09. The van der Waals surface area contributed by atoms with Crippen LogP contribution >= 0.6 is 0 Å². The normalized spacial score (nSPS) is 21.8. The first-order chi connectivity index (χ1) is 15.0. The smallest absolute Gasteiger partial charge is 0.275 e. The zero-order valence-corrected chi connectivity index (χ0v) is 17.1. The molecule has 5 heterocycles. The summed E-state index contributed by atoms with van der Waals surface area (Å²) in [5.74, 6) is -0.494. The average molecular weight is 427 g/mol. The van der Waals surface area contributed by atoms with Crippen LogP contribution in [0, 0.1) is 12.7 Å². The van der Waals surface area contributed by atoms with Crippen LogP contribution < -0.4 is 10.2 Å². The maximum absolute atomic E-state index is 14.5. The molecule has 31 heavy (non-hydrogen) atoms. The maximum atomic E-state index is 14.5. The number of pyridine rings is 1. The summed E-state index contributed by atoms with van der Waals surface area (Å²) < 4.78 is 30.3. The molecule has 10 heteroatoms. The van der Waals surface area contributed by atoms with Gasteiger partial charge in [0.15, 0.2) is 11.5 Å². The van der Waals surface area contributed by atoms with Crippen molar-refractivity contribution >= 4 is 23.1 Å². The molecule has 2 saturated heterocycles. The number of aromatic nitrogens is 4. The van der Waals surface area contributed by atoms with Crippen molar-refractivity contribution in [3.8, 4) is 0 Å². The molecule has 0 aromatic carbocycles. The molecule has 0 unspecified atom stereocenters. The second-order valence-corrected chi connectivity index (χ2v) is 8.14. The minimum Gasteiger partial charge on any atom is -0.351 e. The Hall–Kier alpha value is -3.14. The number of rotatable bonds is 4. The molecule has 5 rings (SSSR count). The Morgan fingerprint density at radius 3 is 2.71 bits per heavy atom. The number of carbonyl (C=O) groups excluding carboxylic acids is 1. The number of amides is 1. The maximum Gasteiger partial charge on any atom is 0.275 e. The molecular weight excluding hydrogens is 404 g/mol. The second kappa shape index (κ2) is 7.84. The van der Waals surface area contributed by atoms with E-state index in [2.05, 4.69) is 25.2 Å². The Morgan fingerprint density at radius 1 is 1.16 bits per heavy atom. The van der Waals surface area contributed by atoms with Crippen molar-refractivity contribution in [3.05, 3.63) is 48.1 Å². The van der Waals surface area contributed by atoms with Crippen LogP contribution in [0.25, 0.3) is 5.65 Å². The quantitative estimate of drug-likeness (QED) is 0.689. The van der Waals surface area contributed by atoms with Crippen molar-refractivity contribution in [2.45, 2.75) is 32.0 Å². The number of likely N-dealkylation sites (tertiary alicyclic amines) is 1. The summed E-state index contributed by atoms with van der Waals surface area (Å²) in [5.41, 5.74) is 1.25. The van der Waals surface area contributed by atoms with Crippen molar-refractivity contribution in [1.82, 2.24) is 24.3 Å². The number of hydrogen-bond donors (Lipinski definition) is 1. The molecular formula is C21H23F2N7O. The van der Waals surface area contributed by atoms with E-state index in [0.717, 1.165) is 25.9 Å². The molecule has 1 amide bonds.